The Morgan fingerprint density at radius 3 is 2.64 bits per heavy atom. The SMILES string of the molecule is Cc1ccc(-c2noc(C(C)N3CCN(C(=O)CCc4c[nH]c5ccccc45)CC3)n2)cc1. The molecule has 1 aliphatic heterocycles. The second kappa shape index (κ2) is 9.19. The maximum atomic E-state index is 12.8. The van der Waals surface area contributed by atoms with Crippen LogP contribution in [0.25, 0.3) is 22.3 Å². The van der Waals surface area contributed by atoms with Crippen LogP contribution in [-0.2, 0) is 11.2 Å². The minimum Gasteiger partial charge on any atom is -0.361 e. The van der Waals surface area contributed by atoms with E-state index in [9.17, 15) is 4.79 Å². The van der Waals surface area contributed by atoms with Gasteiger partial charge in [0.25, 0.3) is 0 Å². The molecule has 0 bridgehead atoms. The van der Waals surface area contributed by atoms with E-state index < -0.39 is 0 Å². The van der Waals surface area contributed by atoms with Crippen LogP contribution in [0.15, 0.2) is 59.3 Å². The molecule has 4 aromatic rings. The average molecular weight is 444 g/mol. The lowest BCUT2D eigenvalue weighted by atomic mass is 10.1. The maximum Gasteiger partial charge on any atom is 0.244 e. The van der Waals surface area contributed by atoms with Gasteiger partial charge >= 0.3 is 0 Å². The van der Waals surface area contributed by atoms with Crippen LogP contribution in [-0.4, -0.2) is 57.0 Å². The zero-order valence-electron chi connectivity index (χ0n) is 19.1. The van der Waals surface area contributed by atoms with Crippen LogP contribution in [0.4, 0.5) is 0 Å². The van der Waals surface area contributed by atoms with Crippen molar-refractivity contribution in [1.29, 1.82) is 0 Å². The second-order valence-electron chi connectivity index (χ2n) is 8.77. The topological polar surface area (TPSA) is 78.3 Å². The molecular weight excluding hydrogens is 414 g/mol. The van der Waals surface area contributed by atoms with Gasteiger partial charge in [0.2, 0.25) is 17.6 Å². The normalized spacial score (nSPS) is 15.8. The number of amides is 1. The average Bonchev–Trinajstić information content (AvgIpc) is 3.50. The highest BCUT2D eigenvalue weighted by Crippen LogP contribution is 2.24. The molecule has 5 rings (SSSR count). The third-order valence-corrected chi connectivity index (χ3v) is 6.61. The summed E-state index contributed by atoms with van der Waals surface area (Å²) in [5.41, 5.74) is 4.47. The zero-order chi connectivity index (χ0) is 22.8. The molecule has 1 amide bonds. The minimum atomic E-state index is 0.0140. The van der Waals surface area contributed by atoms with Crippen molar-refractivity contribution in [3.8, 4) is 11.4 Å². The second-order valence-corrected chi connectivity index (χ2v) is 8.77. The summed E-state index contributed by atoms with van der Waals surface area (Å²) in [7, 11) is 0. The summed E-state index contributed by atoms with van der Waals surface area (Å²) in [6, 6.07) is 16.3. The Balaban J connectivity index is 1.14. The van der Waals surface area contributed by atoms with Crippen molar-refractivity contribution in [2.24, 2.45) is 0 Å². The fourth-order valence-corrected chi connectivity index (χ4v) is 4.48. The molecule has 1 N–H and O–H groups in total. The quantitative estimate of drug-likeness (QED) is 0.479. The van der Waals surface area contributed by atoms with Gasteiger partial charge in [-0.3, -0.25) is 9.69 Å². The number of hydrogen-bond donors (Lipinski definition) is 1. The van der Waals surface area contributed by atoms with Crippen molar-refractivity contribution in [3.63, 3.8) is 0 Å². The zero-order valence-corrected chi connectivity index (χ0v) is 19.1. The summed E-state index contributed by atoms with van der Waals surface area (Å²) in [5, 5.41) is 5.37. The number of aromatic nitrogens is 3. The van der Waals surface area contributed by atoms with Crippen LogP contribution in [0.1, 0.15) is 36.4 Å². The van der Waals surface area contributed by atoms with Crippen LogP contribution < -0.4 is 0 Å². The Morgan fingerprint density at radius 1 is 1.09 bits per heavy atom. The summed E-state index contributed by atoms with van der Waals surface area (Å²) in [6.07, 6.45) is 3.30. The monoisotopic (exact) mass is 443 g/mol. The molecule has 0 saturated carbocycles. The molecule has 1 fully saturated rings. The maximum absolute atomic E-state index is 12.8. The van der Waals surface area contributed by atoms with Crippen molar-refractivity contribution >= 4 is 16.8 Å². The van der Waals surface area contributed by atoms with Gasteiger partial charge in [-0.2, -0.15) is 4.98 Å². The van der Waals surface area contributed by atoms with Gasteiger partial charge in [-0.25, -0.2) is 0 Å². The van der Waals surface area contributed by atoms with Crippen LogP contribution in [0.5, 0.6) is 0 Å². The van der Waals surface area contributed by atoms with Crippen molar-refractivity contribution in [1.82, 2.24) is 24.9 Å². The Kier molecular flexibility index (Phi) is 5.96. The summed E-state index contributed by atoms with van der Waals surface area (Å²) in [5.74, 6) is 1.44. The molecule has 2 aromatic carbocycles. The number of carbonyl (C=O) groups excluding carboxylic acids is 1. The van der Waals surface area contributed by atoms with Gasteiger partial charge < -0.3 is 14.4 Å². The Hall–Kier alpha value is -3.45. The van der Waals surface area contributed by atoms with E-state index in [1.54, 1.807) is 0 Å². The number of benzene rings is 2. The number of piperazine rings is 1. The lowest BCUT2D eigenvalue weighted by molar-refractivity contribution is -0.133. The first-order valence-electron chi connectivity index (χ1n) is 11.6. The molecule has 7 nitrogen and oxygen atoms in total. The van der Waals surface area contributed by atoms with Gasteiger partial charge in [0.1, 0.15) is 0 Å². The first-order valence-corrected chi connectivity index (χ1v) is 11.6. The number of aryl methyl sites for hydroxylation is 2. The number of H-pyrrole nitrogens is 1. The van der Waals surface area contributed by atoms with Crippen molar-refractivity contribution < 1.29 is 9.32 Å². The number of rotatable bonds is 6. The molecule has 1 saturated heterocycles. The van der Waals surface area contributed by atoms with Crippen LogP contribution in [0, 0.1) is 6.92 Å². The van der Waals surface area contributed by atoms with E-state index in [1.165, 1.54) is 16.5 Å². The Bertz CT molecular complexity index is 1240. The highest BCUT2D eigenvalue weighted by atomic mass is 16.5. The fourth-order valence-electron chi connectivity index (χ4n) is 4.48. The highest BCUT2D eigenvalue weighted by Gasteiger charge is 2.27. The van der Waals surface area contributed by atoms with Crippen molar-refractivity contribution in [2.75, 3.05) is 26.2 Å². The molecule has 1 aliphatic rings. The molecule has 0 spiro atoms. The predicted molar refractivity (Wildman–Crippen MR) is 128 cm³/mol. The lowest BCUT2D eigenvalue weighted by Crippen LogP contribution is -2.49. The first kappa shape index (κ1) is 21.4. The van der Waals surface area contributed by atoms with E-state index in [2.05, 4.69) is 46.0 Å². The fraction of sp³-hybridized carbons (Fsp3) is 0.346. The molecule has 170 valence electrons. The number of para-hydroxylation sites is 1. The third kappa shape index (κ3) is 4.54. The van der Waals surface area contributed by atoms with E-state index in [-0.39, 0.29) is 11.9 Å². The molecule has 2 aromatic heterocycles. The Labute approximate surface area is 193 Å². The van der Waals surface area contributed by atoms with E-state index >= 15 is 0 Å². The lowest BCUT2D eigenvalue weighted by Gasteiger charge is -2.36. The Morgan fingerprint density at radius 2 is 1.85 bits per heavy atom. The van der Waals surface area contributed by atoms with Crippen molar-refractivity contribution in [3.05, 3.63) is 71.7 Å². The third-order valence-electron chi connectivity index (χ3n) is 6.61. The smallest absolute Gasteiger partial charge is 0.244 e. The molecule has 7 heteroatoms. The number of nitrogens with one attached hydrogen (secondary N) is 1. The molecule has 0 aliphatic carbocycles. The van der Waals surface area contributed by atoms with Crippen LogP contribution in [0.3, 0.4) is 0 Å². The van der Waals surface area contributed by atoms with Crippen molar-refractivity contribution in [2.45, 2.75) is 32.7 Å². The number of fused-ring (bicyclic) bond motifs is 1. The summed E-state index contributed by atoms with van der Waals surface area (Å²) < 4.78 is 5.57. The van der Waals surface area contributed by atoms with Gasteiger partial charge in [-0.1, -0.05) is 53.2 Å². The molecule has 1 atom stereocenters. The molecule has 3 heterocycles. The molecular formula is C26H29N5O2. The van der Waals surface area contributed by atoms with Crippen LogP contribution in [0.2, 0.25) is 0 Å². The van der Waals surface area contributed by atoms with Crippen LogP contribution >= 0.6 is 0 Å². The summed E-state index contributed by atoms with van der Waals surface area (Å²) >= 11 is 0. The summed E-state index contributed by atoms with van der Waals surface area (Å²) in [6.45, 7) is 7.16. The highest BCUT2D eigenvalue weighted by molar-refractivity contribution is 5.84. The van der Waals surface area contributed by atoms with E-state index in [0.29, 0.717) is 18.1 Å². The number of hydrogen-bond acceptors (Lipinski definition) is 5. The van der Waals surface area contributed by atoms with E-state index in [0.717, 1.165) is 43.7 Å². The molecule has 33 heavy (non-hydrogen) atoms. The molecule has 0 radical (unpaired) electrons. The standard InChI is InChI=1S/C26H29N5O2/c1-18-7-9-20(10-8-18)25-28-26(33-29-25)19(2)30-13-15-31(16-14-30)24(32)12-11-21-17-27-23-6-4-3-5-22(21)23/h3-10,17,19,27H,11-16H2,1-2H3. The van der Waals surface area contributed by atoms with Gasteiger partial charge in [-0.05, 0) is 31.9 Å². The first-order chi connectivity index (χ1) is 16.1. The number of carbonyl (C=O) groups is 1. The predicted octanol–water partition coefficient (Wildman–Crippen LogP) is 4.36. The van der Waals surface area contributed by atoms with E-state index in [4.69, 9.17) is 4.52 Å². The summed E-state index contributed by atoms with van der Waals surface area (Å²) in [4.78, 5) is 25.0. The number of nitrogens with zero attached hydrogens (tertiary/aromatic N) is 4. The molecule has 1 unspecified atom stereocenters. The van der Waals surface area contributed by atoms with Gasteiger partial charge in [-0.15, -0.1) is 0 Å². The van der Waals surface area contributed by atoms with E-state index in [1.807, 2.05) is 47.5 Å². The van der Waals surface area contributed by atoms with Gasteiger partial charge in [0.15, 0.2) is 0 Å². The van der Waals surface area contributed by atoms with Gasteiger partial charge in [0, 0.05) is 55.3 Å². The number of aromatic amines is 1. The minimum absolute atomic E-state index is 0.0140. The largest absolute Gasteiger partial charge is 0.361 e. The van der Waals surface area contributed by atoms with Gasteiger partial charge in [0.05, 0.1) is 6.04 Å².